The molecule has 1 aliphatic rings. The summed E-state index contributed by atoms with van der Waals surface area (Å²) >= 11 is 0. The summed E-state index contributed by atoms with van der Waals surface area (Å²) in [6.45, 7) is 5.89. The largest absolute Gasteiger partial charge is 0.444 e. The topological polar surface area (TPSA) is 87.1 Å². The molecule has 0 spiro atoms. The summed E-state index contributed by atoms with van der Waals surface area (Å²) < 4.78 is 5.17. The molecular weight excluding hydrogens is 208 g/mol. The SMILES string of the molecule is CC(C)(C)OC(=O)NC1(CCN=[N+]=[N-])CC1. The highest BCUT2D eigenvalue weighted by molar-refractivity contribution is 5.69. The average Bonchev–Trinajstić information content (AvgIpc) is 2.82. The molecule has 1 amide bonds. The van der Waals surface area contributed by atoms with E-state index >= 15 is 0 Å². The molecule has 0 saturated heterocycles. The number of carbonyl (C=O) groups is 1. The Kier molecular flexibility index (Phi) is 3.65. The highest BCUT2D eigenvalue weighted by Gasteiger charge is 2.44. The molecular formula is C10H18N4O2. The van der Waals surface area contributed by atoms with Crippen molar-refractivity contribution >= 4 is 6.09 Å². The number of carbonyl (C=O) groups excluding carboxylic acids is 1. The predicted molar refractivity (Wildman–Crippen MR) is 60.0 cm³/mol. The van der Waals surface area contributed by atoms with Gasteiger partial charge in [-0.1, -0.05) is 5.11 Å². The Labute approximate surface area is 95.0 Å². The quantitative estimate of drug-likeness (QED) is 0.454. The van der Waals surface area contributed by atoms with E-state index in [1.54, 1.807) is 0 Å². The van der Waals surface area contributed by atoms with Crippen molar-refractivity contribution < 1.29 is 9.53 Å². The highest BCUT2D eigenvalue weighted by atomic mass is 16.6. The minimum absolute atomic E-state index is 0.198. The summed E-state index contributed by atoms with van der Waals surface area (Å²) in [4.78, 5) is 14.2. The number of hydrogen-bond donors (Lipinski definition) is 1. The first-order valence-corrected chi connectivity index (χ1v) is 5.39. The molecule has 0 aromatic heterocycles. The Bertz CT molecular complexity index is 311. The Morgan fingerprint density at radius 3 is 2.62 bits per heavy atom. The zero-order valence-electron chi connectivity index (χ0n) is 9.99. The summed E-state index contributed by atoms with van der Waals surface area (Å²) in [6.07, 6.45) is 2.13. The van der Waals surface area contributed by atoms with E-state index in [4.69, 9.17) is 10.3 Å². The fourth-order valence-corrected chi connectivity index (χ4v) is 1.42. The van der Waals surface area contributed by atoms with Crippen LogP contribution in [-0.2, 0) is 4.74 Å². The van der Waals surface area contributed by atoms with Crippen LogP contribution in [0.15, 0.2) is 5.11 Å². The van der Waals surface area contributed by atoms with Crippen LogP contribution in [0.3, 0.4) is 0 Å². The van der Waals surface area contributed by atoms with Gasteiger partial charge in [0.1, 0.15) is 5.60 Å². The van der Waals surface area contributed by atoms with E-state index in [1.807, 2.05) is 20.8 Å². The van der Waals surface area contributed by atoms with Gasteiger partial charge < -0.3 is 10.1 Å². The maximum atomic E-state index is 11.5. The lowest BCUT2D eigenvalue weighted by Crippen LogP contribution is -2.41. The molecule has 0 radical (unpaired) electrons. The van der Waals surface area contributed by atoms with E-state index in [2.05, 4.69) is 15.3 Å². The second-order valence-electron chi connectivity index (χ2n) is 5.11. The summed E-state index contributed by atoms with van der Waals surface area (Å²) in [5.41, 5.74) is 7.49. The predicted octanol–water partition coefficient (Wildman–Crippen LogP) is 2.74. The van der Waals surface area contributed by atoms with Gasteiger partial charge in [0.15, 0.2) is 0 Å². The number of azide groups is 1. The first kappa shape index (κ1) is 12.6. The zero-order valence-corrected chi connectivity index (χ0v) is 9.99. The van der Waals surface area contributed by atoms with Crippen LogP contribution >= 0.6 is 0 Å². The van der Waals surface area contributed by atoms with Crippen LogP contribution in [0.4, 0.5) is 4.79 Å². The average molecular weight is 226 g/mol. The normalized spacial score (nSPS) is 17.2. The van der Waals surface area contributed by atoms with Crippen molar-refractivity contribution in [3.05, 3.63) is 10.4 Å². The van der Waals surface area contributed by atoms with Crippen molar-refractivity contribution in [3.8, 4) is 0 Å². The van der Waals surface area contributed by atoms with E-state index in [1.165, 1.54) is 0 Å². The fraction of sp³-hybridized carbons (Fsp3) is 0.900. The monoisotopic (exact) mass is 226 g/mol. The molecule has 16 heavy (non-hydrogen) atoms. The second kappa shape index (κ2) is 4.61. The van der Waals surface area contributed by atoms with Crippen LogP contribution in [0.1, 0.15) is 40.0 Å². The van der Waals surface area contributed by atoms with Gasteiger partial charge >= 0.3 is 6.09 Å². The van der Waals surface area contributed by atoms with Crippen molar-refractivity contribution in [1.82, 2.24) is 5.32 Å². The van der Waals surface area contributed by atoms with Crippen molar-refractivity contribution in [2.24, 2.45) is 5.11 Å². The molecule has 6 nitrogen and oxygen atoms in total. The molecule has 0 heterocycles. The number of rotatable bonds is 4. The Morgan fingerprint density at radius 1 is 1.56 bits per heavy atom. The van der Waals surface area contributed by atoms with E-state index in [-0.39, 0.29) is 5.54 Å². The van der Waals surface area contributed by atoms with Crippen LogP contribution in [0.5, 0.6) is 0 Å². The van der Waals surface area contributed by atoms with E-state index < -0.39 is 11.7 Å². The molecule has 1 saturated carbocycles. The Morgan fingerprint density at radius 2 is 2.19 bits per heavy atom. The van der Waals surface area contributed by atoms with Crippen LogP contribution in [0, 0.1) is 0 Å². The summed E-state index contributed by atoms with van der Waals surface area (Å²) in [7, 11) is 0. The second-order valence-corrected chi connectivity index (χ2v) is 5.11. The van der Waals surface area contributed by atoms with Crippen molar-refractivity contribution in [2.45, 2.75) is 51.2 Å². The first-order chi connectivity index (χ1) is 7.37. The lowest BCUT2D eigenvalue weighted by Gasteiger charge is -2.23. The number of amides is 1. The van der Waals surface area contributed by atoms with Gasteiger partial charge in [0, 0.05) is 17.0 Å². The summed E-state index contributed by atoms with van der Waals surface area (Å²) in [5, 5.41) is 6.31. The third-order valence-electron chi connectivity index (χ3n) is 2.37. The third-order valence-corrected chi connectivity index (χ3v) is 2.37. The van der Waals surface area contributed by atoms with Crippen LogP contribution in [0.2, 0.25) is 0 Å². The zero-order chi connectivity index (χ0) is 12.2. The van der Waals surface area contributed by atoms with Crippen LogP contribution < -0.4 is 5.32 Å². The number of nitrogens with zero attached hydrogens (tertiary/aromatic N) is 3. The molecule has 1 aliphatic carbocycles. The van der Waals surface area contributed by atoms with Gasteiger partial charge in [0.2, 0.25) is 0 Å². The van der Waals surface area contributed by atoms with Crippen molar-refractivity contribution in [2.75, 3.05) is 6.54 Å². The minimum Gasteiger partial charge on any atom is -0.444 e. The smallest absolute Gasteiger partial charge is 0.408 e. The summed E-state index contributed by atoms with van der Waals surface area (Å²) in [6, 6.07) is 0. The highest BCUT2D eigenvalue weighted by Crippen LogP contribution is 2.38. The molecule has 1 N–H and O–H groups in total. The van der Waals surface area contributed by atoms with Gasteiger partial charge in [-0.25, -0.2) is 4.79 Å². The number of alkyl carbamates (subject to hydrolysis) is 1. The molecule has 1 rings (SSSR count). The molecule has 0 atom stereocenters. The molecule has 0 unspecified atom stereocenters. The van der Waals surface area contributed by atoms with Gasteiger partial charge in [-0.05, 0) is 45.6 Å². The molecule has 0 aromatic carbocycles. The molecule has 0 aliphatic heterocycles. The van der Waals surface area contributed by atoms with Crippen molar-refractivity contribution in [1.29, 1.82) is 0 Å². The maximum absolute atomic E-state index is 11.5. The third kappa shape index (κ3) is 4.40. The van der Waals surface area contributed by atoms with Crippen molar-refractivity contribution in [3.63, 3.8) is 0 Å². The van der Waals surface area contributed by atoms with E-state index in [9.17, 15) is 4.79 Å². The Balaban J connectivity index is 2.35. The van der Waals surface area contributed by atoms with Crippen LogP contribution in [-0.4, -0.2) is 23.8 Å². The minimum atomic E-state index is -0.481. The van der Waals surface area contributed by atoms with Gasteiger partial charge in [-0.2, -0.15) is 0 Å². The number of ether oxygens (including phenoxy) is 1. The molecule has 90 valence electrons. The maximum Gasteiger partial charge on any atom is 0.408 e. The lowest BCUT2D eigenvalue weighted by atomic mass is 10.2. The number of nitrogens with one attached hydrogen (secondary N) is 1. The Hall–Kier alpha value is -1.42. The van der Waals surface area contributed by atoms with E-state index in [0.717, 1.165) is 12.8 Å². The first-order valence-electron chi connectivity index (χ1n) is 5.39. The molecule has 0 bridgehead atoms. The molecule has 1 fully saturated rings. The van der Waals surface area contributed by atoms with Gasteiger partial charge in [0.25, 0.3) is 0 Å². The van der Waals surface area contributed by atoms with Gasteiger partial charge in [-0.15, -0.1) is 0 Å². The molecule has 6 heteroatoms. The summed E-state index contributed by atoms with van der Waals surface area (Å²) in [5.74, 6) is 0. The van der Waals surface area contributed by atoms with Gasteiger partial charge in [-0.3, -0.25) is 0 Å². The standard InChI is InChI=1S/C10H18N4O2/c1-9(2,3)16-8(15)13-10(4-5-10)6-7-12-14-11/h4-7H2,1-3H3,(H,13,15). The van der Waals surface area contributed by atoms with Gasteiger partial charge in [0.05, 0.1) is 0 Å². The lowest BCUT2D eigenvalue weighted by molar-refractivity contribution is 0.0494. The van der Waals surface area contributed by atoms with Crippen LogP contribution in [0.25, 0.3) is 10.4 Å². The van der Waals surface area contributed by atoms with E-state index in [0.29, 0.717) is 13.0 Å². The molecule has 0 aromatic rings. The number of hydrogen-bond acceptors (Lipinski definition) is 3. The fourth-order valence-electron chi connectivity index (χ4n) is 1.42.